The molecule has 0 spiro atoms. The van der Waals surface area contributed by atoms with Crippen molar-refractivity contribution >= 4 is 27.8 Å². The molecule has 1 atom stereocenters. The molecule has 0 fully saturated rings. The third kappa shape index (κ3) is 6.05. The lowest BCUT2D eigenvalue weighted by Gasteiger charge is -2.15. The number of ether oxygens (including phenoxy) is 1. The molecule has 1 aromatic carbocycles. The Morgan fingerprint density at radius 3 is 2.59 bits per heavy atom. The van der Waals surface area contributed by atoms with Crippen molar-refractivity contribution in [3.8, 4) is 5.75 Å². The molecular weight excluding hydrogens is 350 g/mol. The van der Waals surface area contributed by atoms with E-state index in [1.54, 1.807) is 19.2 Å². The number of amides is 1. The van der Waals surface area contributed by atoms with Gasteiger partial charge in [0.25, 0.3) is 0 Å². The van der Waals surface area contributed by atoms with Crippen molar-refractivity contribution in [2.24, 2.45) is 11.8 Å². The predicted octanol–water partition coefficient (Wildman–Crippen LogP) is 2.86. The zero-order valence-electron chi connectivity index (χ0n) is 13.1. The average Bonchev–Trinajstić information content (AvgIpc) is 2.45. The number of rotatable bonds is 8. The van der Waals surface area contributed by atoms with E-state index in [4.69, 9.17) is 9.84 Å². The quantitative estimate of drug-likeness (QED) is 0.736. The van der Waals surface area contributed by atoms with Crippen molar-refractivity contribution < 1.29 is 19.4 Å². The second kappa shape index (κ2) is 8.78. The third-order valence-corrected chi connectivity index (χ3v) is 4.03. The summed E-state index contributed by atoms with van der Waals surface area (Å²) in [5.41, 5.74) is 0.799. The Labute approximate surface area is 139 Å². The van der Waals surface area contributed by atoms with Crippen LogP contribution in [0.4, 0.5) is 0 Å². The van der Waals surface area contributed by atoms with Crippen LogP contribution >= 0.6 is 15.9 Å². The Morgan fingerprint density at radius 2 is 2.05 bits per heavy atom. The van der Waals surface area contributed by atoms with Crippen LogP contribution in [0.25, 0.3) is 0 Å². The van der Waals surface area contributed by atoms with Gasteiger partial charge in [0.05, 0.1) is 19.4 Å². The topological polar surface area (TPSA) is 75.6 Å². The van der Waals surface area contributed by atoms with Crippen molar-refractivity contribution in [3.63, 3.8) is 0 Å². The van der Waals surface area contributed by atoms with Crippen LogP contribution in [-0.2, 0) is 16.0 Å². The number of hydrogen-bond donors (Lipinski definition) is 2. The first kappa shape index (κ1) is 18.5. The van der Waals surface area contributed by atoms with Crippen LogP contribution in [0.15, 0.2) is 22.7 Å². The summed E-state index contributed by atoms with van der Waals surface area (Å²) < 4.78 is 5.95. The number of methoxy groups -OCH3 is 1. The van der Waals surface area contributed by atoms with Crippen LogP contribution in [-0.4, -0.2) is 30.6 Å². The molecule has 1 aromatic rings. The summed E-state index contributed by atoms with van der Waals surface area (Å²) in [6.07, 6.45) is 0.713. The highest BCUT2D eigenvalue weighted by atomic mass is 79.9. The van der Waals surface area contributed by atoms with Crippen LogP contribution in [0.5, 0.6) is 5.75 Å². The van der Waals surface area contributed by atoms with Crippen molar-refractivity contribution in [2.45, 2.75) is 26.7 Å². The van der Waals surface area contributed by atoms with Gasteiger partial charge in [0.1, 0.15) is 5.75 Å². The largest absolute Gasteiger partial charge is 0.497 e. The maximum atomic E-state index is 12.0. The smallest absolute Gasteiger partial charge is 0.308 e. The zero-order valence-corrected chi connectivity index (χ0v) is 14.6. The maximum Gasteiger partial charge on any atom is 0.308 e. The van der Waals surface area contributed by atoms with Gasteiger partial charge in [0.15, 0.2) is 0 Å². The monoisotopic (exact) mass is 371 g/mol. The minimum Gasteiger partial charge on any atom is -0.497 e. The number of carbonyl (C=O) groups excluding carboxylic acids is 1. The Bertz CT molecular complexity index is 531. The van der Waals surface area contributed by atoms with Crippen LogP contribution < -0.4 is 10.1 Å². The van der Waals surface area contributed by atoms with E-state index in [2.05, 4.69) is 21.2 Å². The molecule has 0 heterocycles. The lowest BCUT2D eigenvalue weighted by atomic mass is 9.97. The number of carboxylic acid groups (broad SMARTS) is 1. The molecule has 1 amide bonds. The van der Waals surface area contributed by atoms with E-state index >= 15 is 0 Å². The molecule has 6 heteroatoms. The van der Waals surface area contributed by atoms with E-state index in [0.717, 1.165) is 10.0 Å². The normalized spacial score (nSPS) is 12.0. The van der Waals surface area contributed by atoms with E-state index in [1.807, 2.05) is 19.9 Å². The van der Waals surface area contributed by atoms with Gasteiger partial charge in [0, 0.05) is 11.0 Å². The van der Waals surface area contributed by atoms with Crippen molar-refractivity contribution in [3.05, 3.63) is 28.2 Å². The Balaban J connectivity index is 2.60. The van der Waals surface area contributed by atoms with Gasteiger partial charge in [-0.25, -0.2) is 0 Å². The summed E-state index contributed by atoms with van der Waals surface area (Å²) in [6.45, 7) is 4.07. The third-order valence-electron chi connectivity index (χ3n) is 3.25. The summed E-state index contributed by atoms with van der Waals surface area (Å²) in [5, 5.41) is 11.9. The molecule has 0 aromatic heterocycles. The lowest BCUT2D eigenvalue weighted by molar-refractivity contribution is -0.142. The van der Waals surface area contributed by atoms with Crippen LogP contribution in [0, 0.1) is 11.8 Å². The summed E-state index contributed by atoms with van der Waals surface area (Å²) in [5.74, 6) is -0.696. The number of carboxylic acids is 1. The van der Waals surface area contributed by atoms with Crippen molar-refractivity contribution in [1.82, 2.24) is 5.32 Å². The first-order valence-corrected chi connectivity index (χ1v) is 7.94. The predicted molar refractivity (Wildman–Crippen MR) is 88.0 cm³/mol. The molecule has 1 unspecified atom stereocenters. The highest BCUT2D eigenvalue weighted by Crippen LogP contribution is 2.23. The Kier molecular flexibility index (Phi) is 7.38. The summed E-state index contributed by atoms with van der Waals surface area (Å²) in [6, 6.07) is 5.40. The van der Waals surface area contributed by atoms with Gasteiger partial charge in [-0.3, -0.25) is 9.59 Å². The maximum absolute atomic E-state index is 12.0. The number of halogens is 1. The zero-order chi connectivity index (χ0) is 16.7. The minimum atomic E-state index is -0.878. The summed E-state index contributed by atoms with van der Waals surface area (Å²) in [7, 11) is 1.57. The van der Waals surface area contributed by atoms with Crippen molar-refractivity contribution in [2.75, 3.05) is 13.7 Å². The molecule has 0 aliphatic heterocycles. The van der Waals surface area contributed by atoms with E-state index in [1.165, 1.54) is 0 Å². The van der Waals surface area contributed by atoms with Gasteiger partial charge in [-0.05, 0) is 36.1 Å². The molecule has 0 saturated carbocycles. The summed E-state index contributed by atoms with van der Waals surface area (Å²) >= 11 is 3.39. The fourth-order valence-corrected chi connectivity index (χ4v) is 2.51. The van der Waals surface area contributed by atoms with Crippen molar-refractivity contribution in [1.29, 1.82) is 0 Å². The van der Waals surface area contributed by atoms with E-state index in [-0.39, 0.29) is 24.8 Å². The molecule has 0 radical (unpaired) electrons. The standard InChI is InChI=1S/C16H22BrNO4/c1-10(2)6-12(16(20)21)9-18-15(19)8-11-7-13(22-3)4-5-14(11)17/h4-5,7,10,12H,6,8-9H2,1-3H3,(H,18,19)(H,20,21). The second-order valence-electron chi connectivity index (χ2n) is 5.60. The first-order chi connectivity index (χ1) is 10.3. The van der Waals surface area contributed by atoms with Gasteiger partial charge in [-0.2, -0.15) is 0 Å². The van der Waals surface area contributed by atoms with E-state index in [9.17, 15) is 9.59 Å². The van der Waals surface area contributed by atoms with Crippen LogP contribution in [0.3, 0.4) is 0 Å². The highest BCUT2D eigenvalue weighted by Gasteiger charge is 2.20. The van der Waals surface area contributed by atoms with Gasteiger partial charge in [0.2, 0.25) is 5.91 Å². The SMILES string of the molecule is COc1ccc(Br)c(CC(=O)NCC(CC(C)C)C(=O)O)c1. The molecule has 5 nitrogen and oxygen atoms in total. The van der Waals surface area contributed by atoms with E-state index in [0.29, 0.717) is 12.2 Å². The lowest BCUT2D eigenvalue weighted by Crippen LogP contribution is -2.34. The molecule has 0 bridgehead atoms. The number of aliphatic carboxylic acids is 1. The van der Waals surface area contributed by atoms with Gasteiger partial charge < -0.3 is 15.2 Å². The van der Waals surface area contributed by atoms with Crippen LogP contribution in [0.2, 0.25) is 0 Å². The Morgan fingerprint density at radius 1 is 1.36 bits per heavy atom. The number of carbonyl (C=O) groups is 2. The minimum absolute atomic E-state index is 0.147. The van der Waals surface area contributed by atoms with Crippen LogP contribution in [0.1, 0.15) is 25.8 Å². The number of nitrogens with one attached hydrogen (secondary N) is 1. The highest BCUT2D eigenvalue weighted by molar-refractivity contribution is 9.10. The second-order valence-corrected chi connectivity index (χ2v) is 6.46. The molecule has 0 saturated heterocycles. The number of benzene rings is 1. The van der Waals surface area contributed by atoms with Gasteiger partial charge in [-0.1, -0.05) is 29.8 Å². The molecule has 0 aliphatic carbocycles. The molecular formula is C16H22BrNO4. The fourth-order valence-electron chi connectivity index (χ4n) is 2.13. The Hall–Kier alpha value is -1.56. The van der Waals surface area contributed by atoms with E-state index < -0.39 is 11.9 Å². The summed E-state index contributed by atoms with van der Waals surface area (Å²) in [4.78, 5) is 23.2. The number of hydrogen-bond acceptors (Lipinski definition) is 3. The molecule has 0 aliphatic rings. The molecule has 22 heavy (non-hydrogen) atoms. The molecule has 122 valence electrons. The van der Waals surface area contributed by atoms with Gasteiger partial charge in [-0.15, -0.1) is 0 Å². The first-order valence-electron chi connectivity index (χ1n) is 7.15. The fraction of sp³-hybridized carbons (Fsp3) is 0.500. The molecule has 2 N–H and O–H groups in total. The molecule has 1 rings (SSSR count). The average molecular weight is 372 g/mol. The van der Waals surface area contributed by atoms with Gasteiger partial charge >= 0.3 is 5.97 Å².